The van der Waals surface area contributed by atoms with Gasteiger partial charge < -0.3 is 15.0 Å². The number of nitrogens with one attached hydrogen (secondary N) is 1. The Labute approximate surface area is 127 Å². The van der Waals surface area contributed by atoms with E-state index in [1.165, 1.54) is 5.52 Å². The van der Waals surface area contributed by atoms with Crippen LogP contribution in [-0.2, 0) is 13.0 Å². The number of benzene rings is 1. The second-order valence-corrected chi connectivity index (χ2v) is 5.67. The van der Waals surface area contributed by atoms with Crippen molar-refractivity contribution in [3.63, 3.8) is 0 Å². The number of aliphatic hydroxyl groups is 1. The van der Waals surface area contributed by atoms with Crippen molar-refractivity contribution >= 4 is 11.0 Å². The molecule has 2 N–H and O–H groups in total. The van der Waals surface area contributed by atoms with Crippen molar-refractivity contribution in [1.29, 1.82) is 0 Å². The Morgan fingerprint density at radius 1 is 1.29 bits per heavy atom. The maximum absolute atomic E-state index is 9.62. The van der Waals surface area contributed by atoms with Gasteiger partial charge in [-0.2, -0.15) is 0 Å². The van der Waals surface area contributed by atoms with Gasteiger partial charge in [0.05, 0.1) is 17.6 Å². The van der Waals surface area contributed by atoms with Gasteiger partial charge in [0.15, 0.2) is 0 Å². The number of aryl methyl sites for hydroxylation is 2. The second-order valence-electron chi connectivity index (χ2n) is 5.67. The van der Waals surface area contributed by atoms with E-state index in [0.717, 1.165) is 43.6 Å². The first-order chi connectivity index (χ1) is 10.2. The molecular weight excluding hydrogens is 262 g/mol. The lowest BCUT2D eigenvalue weighted by molar-refractivity contribution is 0.151. The standard InChI is InChI=1S/C17H27N3O/c1-4-16-19-14-9-6-7-10-15(14)20(16)12-8-11-17(5-2,13-21)18-3/h6-7,9-10,18,21H,4-5,8,11-13H2,1-3H3. The minimum atomic E-state index is -0.150. The van der Waals surface area contributed by atoms with Crippen LogP contribution in [0.2, 0.25) is 0 Å². The van der Waals surface area contributed by atoms with Crippen LogP contribution in [0, 0.1) is 0 Å². The maximum atomic E-state index is 9.62. The Morgan fingerprint density at radius 2 is 2.05 bits per heavy atom. The summed E-state index contributed by atoms with van der Waals surface area (Å²) in [6, 6.07) is 8.31. The van der Waals surface area contributed by atoms with Crippen LogP contribution in [0.5, 0.6) is 0 Å². The van der Waals surface area contributed by atoms with Gasteiger partial charge in [0, 0.05) is 18.5 Å². The van der Waals surface area contributed by atoms with Gasteiger partial charge in [-0.1, -0.05) is 26.0 Å². The molecule has 0 fully saturated rings. The molecule has 1 heterocycles. The predicted molar refractivity (Wildman–Crippen MR) is 87.5 cm³/mol. The summed E-state index contributed by atoms with van der Waals surface area (Å²) in [5.41, 5.74) is 2.14. The monoisotopic (exact) mass is 289 g/mol. The van der Waals surface area contributed by atoms with Crippen molar-refractivity contribution in [2.75, 3.05) is 13.7 Å². The van der Waals surface area contributed by atoms with Crippen molar-refractivity contribution in [1.82, 2.24) is 14.9 Å². The highest BCUT2D eigenvalue weighted by molar-refractivity contribution is 5.75. The largest absolute Gasteiger partial charge is 0.394 e. The van der Waals surface area contributed by atoms with Gasteiger partial charge in [-0.25, -0.2) is 4.98 Å². The van der Waals surface area contributed by atoms with E-state index in [0.29, 0.717) is 0 Å². The van der Waals surface area contributed by atoms with E-state index in [-0.39, 0.29) is 12.1 Å². The summed E-state index contributed by atoms with van der Waals surface area (Å²) in [5, 5.41) is 12.9. The molecule has 4 nitrogen and oxygen atoms in total. The molecule has 0 amide bonds. The van der Waals surface area contributed by atoms with Crippen LogP contribution in [0.25, 0.3) is 11.0 Å². The fourth-order valence-corrected chi connectivity index (χ4v) is 2.97. The zero-order valence-corrected chi connectivity index (χ0v) is 13.4. The Kier molecular flexibility index (Phi) is 5.37. The number of imidazole rings is 1. The van der Waals surface area contributed by atoms with Crippen LogP contribution >= 0.6 is 0 Å². The van der Waals surface area contributed by atoms with E-state index < -0.39 is 0 Å². The first-order valence-corrected chi connectivity index (χ1v) is 7.93. The molecule has 1 unspecified atom stereocenters. The maximum Gasteiger partial charge on any atom is 0.109 e. The summed E-state index contributed by atoms with van der Waals surface area (Å²) in [6.45, 7) is 5.41. The third-order valence-electron chi connectivity index (χ3n) is 4.60. The molecule has 0 radical (unpaired) electrons. The number of likely N-dealkylation sites (N-methyl/N-ethyl adjacent to an activating group) is 1. The van der Waals surface area contributed by atoms with E-state index in [9.17, 15) is 5.11 Å². The quantitative estimate of drug-likeness (QED) is 0.785. The molecule has 0 spiro atoms. The van der Waals surface area contributed by atoms with Crippen LogP contribution in [0.15, 0.2) is 24.3 Å². The van der Waals surface area contributed by atoms with Gasteiger partial charge in [0.25, 0.3) is 0 Å². The number of hydrogen-bond donors (Lipinski definition) is 2. The third-order valence-corrected chi connectivity index (χ3v) is 4.60. The zero-order chi connectivity index (χ0) is 15.3. The topological polar surface area (TPSA) is 50.1 Å². The highest BCUT2D eigenvalue weighted by Crippen LogP contribution is 2.20. The molecule has 1 aromatic carbocycles. The fourth-order valence-electron chi connectivity index (χ4n) is 2.97. The second kappa shape index (κ2) is 7.05. The fraction of sp³-hybridized carbons (Fsp3) is 0.588. The van der Waals surface area contributed by atoms with Crippen molar-refractivity contribution < 1.29 is 5.11 Å². The molecule has 2 aromatic rings. The first-order valence-electron chi connectivity index (χ1n) is 7.93. The van der Waals surface area contributed by atoms with Gasteiger partial charge in [-0.3, -0.25) is 0 Å². The Morgan fingerprint density at radius 3 is 2.67 bits per heavy atom. The minimum absolute atomic E-state index is 0.150. The van der Waals surface area contributed by atoms with E-state index in [4.69, 9.17) is 4.98 Å². The van der Waals surface area contributed by atoms with Crippen molar-refractivity contribution in [3.8, 4) is 0 Å². The van der Waals surface area contributed by atoms with E-state index in [1.54, 1.807) is 0 Å². The lowest BCUT2D eigenvalue weighted by Crippen LogP contribution is -2.46. The molecule has 0 bridgehead atoms. The number of hydrogen-bond acceptors (Lipinski definition) is 3. The van der Waals surface area contributed by atoms with Gasteiger partial charge in [-0.15, -0.1) is 0 Å². The molecule has 4 heteroatoms. The van der Waals surface area contributed by atoms with Crippen LogP contribution < -0.4 is 5.32 Å². The summed E-state index contributed by atoms with van der Waals surface area (Å²) in [7, 11) is 1.93. The normalized spacial score (nSPS) is 14.5. The van der Waals surface area contributed by atoms with Crippen molar-refractivity contribution in [3.05, 3.63) is 30.1 Å². The smallest absolute Gasteiger partial charge is 0.109 e. The molecule has 0 saturated heterocycles. The molecule has 0 aliphatic rings. The molecule has 0 aliphatic heterocycles. The van der Waals surface area contributed by atoms with Gasteiger partial charge >= 0.3 is 0 Å². The summed E-state index contributed by atoms with van der Waals surface area (Å²) in [4.78, 5) is 4.70. The zero-order valence-electron chi connectivity index (χ0n) is 13.4. The van der Waals surface area contributed by atoms with E-state index in [1.807, 2.05) is 13.1 Å². The number of para-hydroxylation sites is 2. The minimum Gasteiger partial charge on any atom is -0.394 e. The predicted octanol–water partition coefficient (Wildman–Crippen LogP) is 2.74. The Balaban J connectivity index is 2.13. The van der Waals surface area contributed by atoms with Crippen molar-refractivity contribution in [2.24, 2.45) is 0 Å². The van der Waals surface area contributed by atoms with E-state index >= 15 is 0 Å². The molecule has 1 atom stereocenters. The number of aromatic nitrogens is 2. The summed E-state index contributed by atoms with van der Waals surface area (Å²) in [6.07, 6.45) is 3.87. The number of aliphatic hydroxyl groups excluding tert-OH is 1. The Bertz CT molecular complexity index is 564. The summed E-state index contributed by atoms with van der Waals surface area (Å²) >= 11 is 0. The third kappa shape index (κ3) is 3.27. The average Bonchev–Trinajstić information content (AvgIpc) is 2.90. The number of fused-ring (bicyclic) bond motifs is 1. The van der Waals surface area contributed by atoms with Crippen molar-refractivity contribution in [2.45, 2.75) is 51.6 Å². The van der Waals surface area contributed by atoms with Gasteiger partial charge in [-0.05, 0) is 38.4 Å². The van der Waals surface area contributed by atoms with Crippen LogP contribution in [0.4, 0.5) is 0 Å². The number of nitrogens with zero attached hydrogens (tertiary/aromatic N) is 2. The summed E-state index contributed by atoms with van der Waals surface area (Å²) < 4.78 is 2.32. The first kappa shape index (κ1) is 16.0. The molecule has 2 rings (SSSR count). The number of rotatable bonds is 8. The van der Waals surface area contributed by atoms with E-state index in [2.05, 4.69) is 41.9 Å². The highest BCUT2D eigenvalue weighted by Gasteiger charge is 2.24. The average molecular weight is 289 g/mol. The summed E-state index contributed by atoms with van der Waals surface area (Å²) in [5.74, 6) is 1.15. The molecule has 0 saturated carbocycles. The molecule has 0 aliphatic carbocycles. The lowest BCUT2D eigenvalue weighted by atomic mass is 9.91. The SMILES string of the molecule is CCc1nc2ccccc2n1CCCC(CC)(CO)NC. The Hall–Kier alpha value is -1.39. The molecule has 116 valence electrons. The highest BCUT2D eigenvalue weighted by atomic mass is 16.3. The van der Waals surface area contributed by atoms with Crippen LogP contribution in [0.3, 0.4) is 0 Å². The molecule has 21 heavy (non-hydrogen) atoms. The van der Waals surface area contributed by atoms with Gasteiger partial charge in [0.1, 0.15) is 5.82 Å². The van der Waals surface area contributed by atoms with Crippen LogP contribution in [0.1, 0.15) is 38.9 Å². The lowest BCUT2D eigenvalue weighted by Gasteiger charge is -2.30. The molecule has 1 aromatic heterocycles. The van der Waals surface area contributed by atoms with Gasteiger partial charge in [0.2, 0.25) is 0 Å². The molecular formula is C17H27N3O. The van der Waals surface area contributed by atoms with Crippen LogP contribution in [-0.4, -0.2) is 33.9 Å².